The van der Waals surface area contributed by atoms with Crippen LogP contribution < -0.4 is 11.5 Å². The fourth-order valence-corrected chi connectivity index (χ4v) is 1.89. The molecule has 2 rings (SSSR count). The van der Waals surface area contributed by atoms with Crippen molar-refractivity contribution in [1.82, 2.24) is 4.98 Å². The van der Waals surface area contributed by atoms with E-state index in [2.05, 4.69) is 16.0 Å². The molecule has 0 aliphatic heterocycles. The molecule has 1 heterocycles. The lowest BCUT2D eigenvalue weighted by Gasteiger charge is -2.14. The Bertz CT molecular complexity index is 380. The van der Waals surface area contributed by atoms with Crippen LogP contribution in [-0.4, -0.2) is 10.9 Å². The van der Waals surface area contributed by atoms with Gasteiger partial charge in [-0.25, -0.2) is 4.99 Å². The predicted octanol–water partition coefficient (Wildman–Crippen LogP) is 0.734. The summed E-state index contributed by atoms with van der Waals surface area (Å²) in [5, 5.41) is 0. The van der Waals surface area contributed by atoms with Gasteiger partial charge in [0.2, 0.25) is 0 Å². The molecular weight excluding hydrogens is 188 g/mol. The van der Waals surface area contributed by atoms with Crippen molar-refractivity contribution < 1.29 is 0 Å². The molecule has 15 heavy (non-hydrogen) atoms. The van der Waals surface area contributed by atoms with Crippen molar-refractivity contribution in [3.05, 3.63) is 29.1 Å². The molecule has 0 saturated heterocycles. The third kappa shape index (κ3) is 2.46. The molecule has 0 radical (unpaired) electrons. The molecule has 1 aromatic rings. The van der Waals surface area contributed by atoms with Crippen molar-refractivity contribution in [3.8, 4) is 0 Å². The van der Waals surface area contributed by atoms with E-state index in [1.165, 1.54) is 24.1 Å². The highest BCUT2D eigenvalue weighted by molar-refractivity contribution is 5.75. The smallest absolute Gasteiger partial charge is 0.186 e. The Morgan fingerprint density at radius 2 is 2.07 bits per heavy atom. The van der Waals surface area contributed by atoms with Crippen molar-refractivity contribution in [2.45, 2.75) is 32.2 Å². The van der Waals surface area contributed by atoms with Crippen LogP contribution in [0.1, 0.15) is 29.8 Å². The number of guanidine groups is 1. The van der Waals surface area contributed by atoms with E-state index in [0.717, 1.165) is 18.5 Å². The number of nitrogens with two attached hydrogens (primary N) is 2. The van der Waals surface area contributed by atoms with Crippen molar-refractivity contribution in [3.63, 3.8) is 0 Å². The van der Waals surface area contributed by atoms with Gasteiger partial charge in [0, 0.05) is 5.69 Å². The van der Waals surface area contributed by atoms with E-state index in [0.29, 0.717) is 6.54 Å². The van der Waals surface area contributed by atoms with Gasteiger partial charge >= 0.3 is 0 Å². The maximum absolute atomic E-state index is 5.28. The monoisotopic (exact) mass is 204 g/mol. The summed E-state index contributed by atoms with van der Waals surface area (Å²) in [5.41, 5.74) is 14.1. The summed E-state index contributed by atoms with van der Waals surface area (Å²) in [6, 6.07) is 4.16. The zero-order valence-electron chi connectivity index (χ0n) is 8.74. The van der Waals surface area contributed by atoms with Gasteiger partial charge in [0.1, 0.15) is 0 Å². The van der Waals surface area contributed by atoms with E-state index in [1.807, 2.05) is 6.07 Å². The zero-order chi connectivity index (χ0) is 10.7. The first-order valence-electron chi connectivity index (χ1n) is 5.29. The molecule has 0 amide bonds. The molecule has 1 aliphatic carbocycles. The van der Waals surface area contributed by atoms with E-state index in [1.54, 1.807) is 0 Å². The minimum atomic E-state index is 0.120. The maximum Gasteiger partial charge on any atom is 0.186 e. The highest BCUT2D eigenvalue weighted by Gasteiger charge is 2.10. The molecule has 80 valence electrons. The second-order valence-electron chi connectivity index (χ2n) is 3.86. The number of nitrogens with zero attached hydrogens (tertiary/aromatic N) is 2. The van der Waals surface area contributed by atoms with Crippen LogP contribution in [0.25, 0.3) is 0 Å². The average molecular weight is 204 g/mol. The Kier molecular flexibility index (Phi) is 2.85. The van der Waals surface area contributed by atoms with Gasteiger partial charge in [0.15, 0.2) is 5.96 Å². The molecule has 0 saturated carbocycles. The minimum Gasteiger partial charge on any atom is -0.370 e. The maximum atomic E-state index is 5.28. The Morgan fingerprint density at radius 1 is 1.27 bits per heavy atom. The molecule has 4 N–H and O–H groups in total. The average Bonchev–Trinajstić information content (AvgIpc) is 2.26. The third-order valence-electron chi connectivity index (χ3n) is 2.66. The van der Waals surface area contributed by atoms with Crippen LogP contribution in [0.15, 0.2) is 17.1 Å². The number of aryl methyl sites for hydroxylation is 2. The van der Waals surface area contributed by atoms with Crippen LogP contribution >= 0.6 is 0 Å². The first kappa shape index (κ1) is 9.96. The first-order chi connectivity index (χ1) is 7.25. The van der Waals surface area contributed by atoms with Gasteiger partial charge in [-0.3, -0.25) is 4.98 Å². The van der Waals surface area contributed by atoms with E-state index >= 15 is 0 Å². The van der Waals surface area contributed by atoms with Gasteiger partial charge in [-0.15, -0.1) is 0 Å². The Morgan fingerprint density at radius 3 is 2.87 bits per heavy atom. The lowest BCUT2D eigenvalue weighted by Crippen LogP contribution is -2.22. The topological polar surface area (TPSA) is 77.3 Å². The van der Waals surface area contributed by atoms with Crippen LogP contribution in [-0.2, 0) is 19.4 Å². The van der Waals surface area contributed by atoms with E-state index < -0.39 is 0 Å². The van der Waals surface area contributed by atoms with Crippen LogP contribution in [0, 0.1) is 0 Å². The Balaban J connectivity index is 2.17. The highest BCUT2D eigenvalue weighted by atomic mass is 15.0. The molecule has 0 unspecified atom stereocenters. The van der Waals surface area contributed by atoms with Gasteiger partial charge in [0.25, 0.3) is 0 Å². The SMILES string of the molecule is NC(N)=NCc1ccc2c(n1)CCCC2. The quantitative estimate of drug-likeness (QED) is 0.551. The zero-order valence-corrected chi connectivity index (χ0v) is 8.74. The largest absolute Gasteiger partial charge is 0.370 e. The Labute approximate surface area is 89.4 Å². The van der Waals surface area contributed by atoms with Crippen LogP contribution in [0.3, 0.4) is 0 Å². The molecule has 0 atom stereocenters. The van der Waals surface area contributed by atoms with E-state index in [4.69, 9.17) is 11.5 Å². The lowest BCUT2D eigenvalue weighted by atomic mass is 9.96. The van der Waals surface area contributed by atoms with Crippen molar-refractivity contribution in [2.24, 2.45) is 16.5 Å². The second-order valence-corrected chi connectivity index (χ2v) is 3.86. The number of fused-ring (bicyclic) bond motifs is 1. The molecule has 0 bridgehead atoms. The number of hydrogen-bond donors (Lipinski definition) is 2. The number of rotatable bonds is 2. The number of aromatic nitrogens is 1. The van der Waals surface area contributed by atoms with Gasteiger partial charge in [-0.2, -0.15) is 0 Å². The first-order valence-corrected chi connectivity index (χ1v) is 5.29. The van der Waals surface area contributed by atoms with E-state index in [9.17, 15) is 0 Å². The van der Waals surface area contributed by atoms with Gasteiger partial charge in [-0.1, -0.05) is 6.07 Å². The fraction of sp³-hybridized carbons (Fsp3) is 0.455. The molecule has 1 aliphatic rings. The summed E-state index contributed by atoms with van der Waals surface area (Å²) in [5.74, 6) is 0.120. The van der Waals surface area contributed by atoms with Crippen molar-refractivity contribution >= 4 is 5.96 Å². The standard InChI is InChI=1S/C11H16N4/c12-11(13)14-7-9-6-5-8-3-1-2-4-10(8)15-9/h5-6H,1-4,7H2,(H4,12,13,14). The molecule has 4 heteroatoms. The molecule has 0 fully saturated rings. The number of hydrogen-bond acceptors (Lipinski definition) is 2. The van der Waals surface area contributed by atoms with E-state index in [-0.39, 0.29) is 5.96 Å². The predicted molar refractivity (Wildman–Crippen MR) is 60.4 cm³/mol. The summed E-state index contributed by atoms with van der Waals surface area (Å²) in [6.07, 6.45) is 4.77. The number of aliphatic imine (C=N–C) groups is 1. The third-order valence-corrected chi connectivity index (χ3v) is 2.66. The molecule has 4 nitrogen and oxygen atoms in total. The summed E-state index contributed by atoms with van der Waals surface area (Å²) in [7, 11) is 0. The van der Waals surface area contributed by atoms with Gasteiger partial charge in [0.05, 0.1) is 12.2 Å². The van der Waals surface area contributed by atoms with Crippen LogP contribution in [0.2, 0.25) is 0 Å². The summed E-state index contributed by atoms with van der Waals surface area (Å²) in [4.78, 5) is 8.52. The van der Waals surface area contributed by atoms with Crippen molar-refractivity contribution in [2.75, 3.05) is 0 Å². The second kappa shape index (κ2) is 4.29. The summed E-state index contributed by atoms with van der Waals surface area (Å²) >= 11 is 0. The minimum absolute atomic E-state index is 0.120. The molecule has 0 spiro atoms. The van der Waals surface area contributed by atoms with Gasteiger partial charge < -0.3 is 11.5 Å². The van der Waals surface area contributed by atoms with Crippen LogP contribution in [0.4, 0.5) is 0 Å². The molecule has 0 aromatic carbocycles. The lowest BCUT2D eigenvalue weighted by molar-refractivity contribution is 0.663. The fourth-order valence-electron chi connectivity index (χ4n) is 1.89. The van der Waals surface area contributed by atoms with Gasteiger partial charge in [-0.05, 0) is 37.3 Å². The molecule has 1 aromatic heterocycles. The number of pyridine rings is 1. The summed E-state index contributed by atoms with van der Waals surface area (Å²) in [6.45, 7) is 0.482. The normalized spacial score (nSPS) is 14.4. The Hall–Kier alpha value is -1.58. The highest BCUT2D eigenvalue weighted by Crippen LogP contribution is 2.19. The summed E-state index contributed by atoms with van der Waals surface area (Å²) < 4.78 is 0. The van der Waals surface area contributed by atoms with Crippen molar-refractivity contribution in [1.29, 1.82) is 0 Å². The molecular formula is C11H16N4. The van der Waals surface area contributed by atoms with Crippen LogP contribution in [0.5, 0.6) is 0 Å².